The molecule has 1 fully saturated rings. The zero-order valence-electron chi connectivity index (χ0n) is 13.6. The van der Waals surface area contributed by atoms with E-state index in [-0.39, 0.29) is 10.2 Å². The topological polar surface area (TPSA) is 46.3 Å². The summed E-state index contributed by atoms with van der Waals surface area (Å²) in [4.78, 5) is 10.8. The maximum Gasteiger partial charge on any atom is 0.255 e. The first-order valence-corrected chi connectivity index (χ1v) is 8.93. The summed E-state index contributed by atoms with van der Waals surface area (Å²) in [6.07, 6.45) is 4.79. The SMILES string of the molecule is CC1CCCCN1c1c(-c2ccc(F)cc2Cl)c(Cl)nc2ncnn12. The molecule has 130 valence electrons. The van der Waals surface area contributed by atoms with Crippen molar-refractivity contribution >= 4 is 34.8 Å². The molecule has 2 aromatic heterocycles. The van der Waals surface area contributed by atoms with Gasteiger partial charge >= 0.3 is 0 Å². The van der Waals surface area contributed by atoms with Crippen molar-refractivity contribution in [3.63, 3.8) is 0 Å². The lowest BCUT2D eigenvalue weighted by atomic mass is 10.0. The Morgan fingerprint density at radius 2 is 2.08 bits per heavy atom. The fourth-order valence-electron chi connectivity index (χ4n) is 3.40. The summed E-state index contributed by atoms with van der Waals surface area (Å²) in [6.45, 7) is 3.05. The average Bonchev–Trinajstić information content (AvgIpc) is 3.03. The molecule has 1 aliphatic heterocycles. The number of nitrogens with zero attached hydrogens (tertiary/aromatic N) is 5. The second-order valence-corrected chi connectivity index (χ2v) is 7.00. The quantitative estimate of drug-likeness (QED) is 0.609. The predicted octanol–water partition coefficient (Wildman–Crippen LogP) is 4.62. The molecule has 3 heterocycles. The molecule has 0 radical (unpaired) electrons. The third-order valence-corrected chi connectivity index (χ3v) is 5.22. The van der Waals surface area contributed by atoms with Gasteiger partial charge < -0.3 is 4.90 Å². The van der Waals surface area contributed by atoms with E-state index in [1.165, 1.54) is 24.9 Å². The molecular formula is C17H16Cl2FN5. The second kappa shape index (κ2) is 6.42. The van der Waals surface area contributed by atoms with Crippen LogP contribution in [0.4, 0.5) is 10.2 Å². The highest BCUT2D eigenvalue weighted by Gasteiger charge is 2.28. The van der Waals surface area contributed by atoms with Crippen molar-refractivity contribution in [2.45, 2.75) is 32.2 Å². The van der Waals surface area contributed by atoms with Gasteiger partial charge in [0, 0.05) is 18.2 Å². The minimum absolute atomic E-state index is 0.279. The maximum absolute atomic E-state index is 13.5. The van der Waals surface area contributed by atoms with E-state index >= 15 is 0 Å². The Labute approximate surface area is 154 Å². The van der Waals surface area contributed by atoms with Crippen molar-refractivity contribution in [2.24, 2.45) is 0 Å². The lowest BCUT2D eigenvalue weighted by Gasteiger charge is -2.36. The van der Waals surface area contributed by atoms with Crippen molar-refractivity contribution in [2.75, 3.05) is 11.4 Å². The Bertz CT molecular complexity index is 942. The maximum atomic E-state index is 13.5. The lowest BCUT2D eigenvalue weighted by molar-refractivity contribution is 0.478. The van der Waals surface area contributed by atoms with Gasteiger partial charge in [-0.15, -0.1) is 0 Å². The predicted molar refractivity (Wildman–Crippen MR) is 96.9 cm³/mol. The number of fused-ring (bicyclic) bond motifs is 1. The molecule has 8 heteroatoms. The number of aromatic nitrogens is 4. The van der Waals surface area contributed by atoms with Crippen LogP contribution in [0.3, 0.4) is 0 Å². The molecule has 1 unspecified atom stereocenters. The summed E-state index contributed by atoms with van der Waals surface area (Å²) in [6, 6.07) is 4.59. The number of benzene rings is 1. The number of anilines is 1. The van der Waals surface area contributed by atoms with Gasteiger partial charge in [-0.2, -0.15) is 19.6 Å². The zero-order chi connectivity index (χ0) is 17.6. The molecule has 1 aromatic carbocycles. The van der Waals surface area contributed by atoms with Crippen LogP contribution in [0.15, 0.2) is 24.5 Å². The first kappa shape index (κ1) is 16.5. The van der Waals surface area contributed by atoms with Crippen LogP contribution in [0.25, 0.3) is 16.9 Å². The first-order chi connectivity index (χ1) is 12.1. The van der Waals surface area contributed by atoms with E-state index in [0.717, 1.165) is 25.2 Å². The summed E-state index contributed by atoms with van der Waals surface area (Å²) < 4.78 is 15.2. The van der Waals surface area contributed by atoms with Gasteiger partial charge in [0.1, 0.15) is 23.1 Å². The number of piperidine rings is 1. The standard InChI is InChI=1S/C17H16Cl2FN5/c1-10-4-2-3-7-24(10)16-14(12-6-5-11(20)8-13(12)18)15(19)23-17-21-9-22-25(16)17/h5-6,8-10H,2-4,7H2,1H3. The highest BCUT2D eigenvalue weighted by Crippen LogP contribution is 2.41. The molecule has 0 N–H and O–H groups in total. The summed E-state index contributed by atoms with van der Waals surface area (Å²) in [5.41, 5.74) is 1.28. The summed E-state index contributed by atoms with van der Waals surface area (Å²) in [7, 11) is 0. The second-order valence-electron chi connectivity index (χ2n) is 6.24. The van der Waals surface area contributed by atoms with Gasteiger partial charge in [-0.1, -0.05) is 23.2 Å². The van der Waals surface area contributed by atoms with E-state index in [2.05, 4.69) is 26.9 Å². The fraction of sp³-hybridized carbons (Fsp3) is 0.353. The molecule has 0 saturated carbocycles. The zero-order valence-corrected chi connectivity index (χ0v) is 15.1. The Hall–Kier alpha value is -1.92. The number of hydrogen-bond acceptors (Lipinski definition) is 4. The third-order valence-electron chi connectivity index (χ3n) is 4.63. The van der Waals surface area contributed by atoms with Gasteiger partial charge in [0.05, 0.1) is 10.6 Å². The number of halogens is 3. The molecule has 25 heavy (non-hydrogen) atoms. The van der Waals surface area contributed by atoms with E-state index in [4.69, 9.17) is 23.2 Å². The first-order valence-electron chi connectivity index (χ1n) is 8.17. The molecular weight excluding hydrogens is 364 g/mol. The normalized spacial score (nSPS) is 18.1. The Morgan fingerprint density at radius 1 is 1.24 bits per heavy atom. The smallest absolute Gasteiger partial charge is 0.255 e. The molecule has 1 aliphatic rings. The highest BCUT2D eigenvalue weighted by molar-refractivity contribution is 6.36. The molecule has 0 bridgehead atoms. The van der Waals surface area contributed by atoms with Gasteiger partial charge in [-0.05, 0) is 44.4 Å². The van der Waals surface area contributed by atoms with E-state index < -0.39 is 5.82 Å². The van der Waals surface area contributed by atoms with Gasteiger partial charge in [-0.3, -0.25) is 0 Å². The lowest BCUT2D eigenvalue weighted by Crippen LogP contribution is -2.39. The van der Waals surface area contributed by atoms with E-state index in [0.29, 0.717) is 22.9 Å². The highest BCUT2D eigenvalue weighted by atomic mass is 35.5. The van der Waals surface area contributed by atoms with Gasteiger partial charge in [0.2, 0.25) is 0 Å². The summed E-state index contributed by atoms with van der Waals surface area (Å²) in [5.74, 6) is 0.834. The van der Waals surface area contributed by atoms with Gasteiger partial charge in [0.25, 0.3) is 5.78 Å². The molecule has 1 saturated heterocycles. The Balaban J connectivity index is 2.02. The molecule has 3 aromatic rings. The van der Waals surface area contributed by atoms with Crippen molar-refractivity contribution < 1.29 is 4.39 Å². The number of hydrogen-bond donors (Lipinski definition) is 0. The van der Waals surface area contributed by atoms with Crippen LogP contribution in [-0.2, 0) is 0 Å². The summed E-state index contributed by atoms with van der Waals surface area (Å²) in [5, 5.41) is 4.89. The molecule has 1 atom stereocenters. The minimum Gasteiger partial charge on any atom is -0.353 e. The minimum atomic E-state index is -0.396. The van der Waals surface area contributed by atoms with E-state index in [9.17, 15) is 4.39 Å². The van der Waals surface area contributed by atoms with Gasteiger partial charge in [0.15, 0.2) is 0 Å². The van der Waals surface area contributed by atoms with Crippen LogP contribution in [0, 0.1) is 5.82 Å². The van der Waals surface area contributed by atoms with Crippen molar-refractivity contribution in [3.05, 3.63) is 40.5 Å². The monoisotopic (exact) mass is 379 g/mol. The fourth-order valence-corrected chi connectivity index (χ4v) is 3.93. The third kappa shape index (κ3) is 2.83. The van der Waals surface area contributed by atoms with Crippen LogP contribution < -0.4 is 4.90 Å². The Morgan fingerprint density at radius 3 is 2.84 bits per heavy atom. The van der Waals surface area contributed by atoms with Crippen LogP contribution >= 0.6 is 23.2 Å². The molecule has 0 amide bonds. The van der Waals surface area contributed by atoms with E-state index in [1.54, 1.807) is 10.6 Å². The average molecular weight is 380 g/mol. The van der Waals surface area contributed by atoms with Crippen molar-refractivity contribution in [1.29, 1.82) is 0 Å². The Kier molecular flexibility index (Phi) is 4.25. The summed E-state index contributed by atoms with van der Waals surface area (Å²) >= 11 is 12.8. The van der Waals surface area contributed by atoms with Crippen molar-refractivity contribution in [3.8, 4) is 11.1 Å². The van der Waals surface area contributed by atoms with Crippen LogP contribution in [0.1, 0.15) is 26.2 Å². The molecule has 4 rings (SSSR count). The van der Waals surface area contributed by atoms with Gasteiger partial charge in [-0.25, -0.2) is 4.39 Å². The largest absolute Gasteiger partial charge is 0.353 e. The molecule has 5 nitrogen and oxygen atoms in total. The number of rotatable bonds is 2. The van der Waals surface area contributed by atoms with Crippen LogP contribution in [0.2, 0.25) is 10.2 Å². The van der Waals surface area contributed by atoms with Crippen molar-refractivity contribution in [1.82, 2.24) is 19.6 Å². The molecule has 0 aliphatic carbocycles. The van der Waals surface area contributed by atoms with E-state index in [1.807, 2.05) is 0 Å². The molecule has 0 spiro atoms. The van der Waals surface area contributed by atoms with Crippen LogP contribution in [-0.4, -0.2) is 32.2 Å². The van der Waals surface area contributed by atoms with Crippen LogP contribution in [0.5, 0.6) is 0 Å².